The van der Waals surface area contributed by atoms with E-state index in [1.807, 2.05) is 6.07 Å². The number of hydrogen-bond donors (Lipinski definition) is 1. The van der Waals surface area contributed by atoms with Gasteiger partial charge in [0.2, 0.25) is 0 Å². The standard InChI is InChI=1S/C17H16Br2ClN/c18-12-3-1-2-11(8-12)16-10-21-7-6-14(16)15-9-13(20)4-5-17(15)19/h1-5,8-9,14,16,21H,6-7,10H2. The topological polar surface area (TPSA) is 12.0 Å². The molecular formula is C17H16Br2ClN. The lowest BCUT2D eigenvalue weighted by atomic mass is 9.77. The lowest BCUT2D eigenvalue weighted by Crippen LogP contribution is -2.34. The molecule has 3 rings (SSSR count). The fraction of sp³-hybridized carbons (Fsp3) is 0.294. The first-order chi connectivity index (χ1) is 10.1. The number of rotatable bonds is 2. The summed E-state index contributed by atoms with van der Waals surface area (Å²) in [6.07, 6.45) is 1.12. The van der Waals surface area contributed by atoms with Crippen molar-refractivity contribution in [1.82, 2.24) is 5.32 Å². The average Bonchev–Trinajstić information content (AvgIpc) is 2.50. The van der Waals surface area contributed by atoms with Crippen molar-refractivity contribution in [2.45, 2.75) is 18.3 Å². The van der Waals surface area contributed by atoms with E-state index in [1.54, 1.807) is 0 Å². The third kappa shape index (κ3) is 3.53. The molecule has 1 fully saturated rings. The third-order valence-electron chi connectivity index (χ3n) is 4.12. The van der Waals surface area contributed by atoms with Crippen LogP contribution in [0.3, 0.4) is 0 Å². The second-order valence-corrected chi connectivity index (χ2v) is 7.63. The fourth-order valence-electron chi connectivity index (χ4n) is 3.12. The van der Waals surface area contributed by atoms with Gasteiger partial charge in [-0.3, -0.25) is 0 Å². The highest BCUT2D eigenvalue weighted by Gasteiger charge is 2.29. The predicted molar refractivity (Wildman–Crippen MR) is 96.3 cm³/mol. The molecule has 1 N–H and O–H groups in total. The molecule has 1 saturated heterocycles. The first-order valence-electron chi connectivity index (χ1n) is 7.06. The van der Waals surface area contributed by atoms with Gasteiger partial charge in [0, 0.05) is 26.4 Å². The van der Waals surface area contributed by atoms with Gasteiger partial charge in [-0.05, 0) is 60.3 Å². The number of benzene rings is 2. The Bertz CT molecular complexity index is 644. The maximum absolute atomic E-state index is 6.21. The summed E-state index contributed by atoms with van der Waals surface area (Å²) < 4.78 is 2.29. The minimum Gasteiger partial charge on any atom is -0.316 e. The Balaban J connectivity index is 2.00. The van der Waals surface area contributed by atoms with Gasteiger partial charge < -0.3 is 5.32 Å². The van der Waals surface area contributed by atoms with Gasteiger partial charge in [0.1, 0.15) is 0 Å². The van der Waals surface area contributed by atoms with Crippen LogP contribution in [0.2, 0.25) is 5.02 Å². The van der Waals surface area contributed by atoms with E-state index in [9.17, 15) is 0 Å². The van der Waals surface area contributed by atoms with E-state index in [-0.39, 0.29) is 0 Å². The summed E-state index contributed by atoms with van der Waals surface area (Å²) >= 11 is 13.5. The molecule has 0 aromatic heterocycles. The zero-order chi connectivity index (χ0) is 14.8. The summed E-state index contributed by atoms with van der Waals surface area (Å²) in [5.74, 6) is 0.944. The van der Waals surface area contributed by atoms with Crippen LogP contribution < -0.4 is 5.32 Å². The quantitative estimate of drug-likeness (QED) is 0.643. The Kier molecular flexibility index (Phi) is 5.05. The molecule has 2 aromatic carbocycles. The first-order valence-corrected chi connectivity index (χ1v) is 9.02. The van der Waals surface area contributed by atoms with Crippen LogP contribution in [0.1, 0.15) is 29.4 Å². The van der Waals surface area contributed by atoms with Crippen LogP contribution in [0.25, 0.3) is 0 Å². The van der Waals surface area contributed by atoms with Gasteiger partial charge in [0.15, 0.2) is 0 Å². The van der Waals surface area contributed by atoms with Crippen LogP contribution in [0.4, 0.5) is 0 Å². The van der Waals surface area contributed by atoms with Gasteiger partial charge in [0.05, 0.1) is 0 Å². The molecule has 1 nitrogen and oxygen atoms in total. The zero-order valence-corrected chi connectivity index (χ0v) is 15.4. The van der Waals surface area contributed by atoms with E-state index in [4.69, 9.17) is 11.6 Å². The Labute approximate surface area is 147 Å². The molecule has 0 saturated carbocycles. The number of piperidine rings is 1. The molecule has 0 spiro atoms. The van der Waals surface area contributed by atoms with Gasteiger partial charge in [-0.25, -0.2) is 0 Å². The van der Waals surface area contributed by atoms with Crippen LogP contribution in [0.15, 0.2) is 51.4 Å². The summed E-state index contributed by atoms with van der Waals surface area (Å²) in [6.45, 7) is 2.05. The average molecular weight is 430 g/mol. The van der Waals surface area contributed by atoms with Crippen molar-refractivity contribution in [2.24, 2.45) is 0 Å². The maximum Gasteiger partial charge on any atom is 0.0409 e. The summed E-state index contributed by atoms with van der Waals surface area (Å²) in [5.41, 5.74) is 2.68. The minimum atomic E-state index is 0.464. The van der Waals surface area contributed by atoms with Gasteiger partial charge >= 0.3 is 0 Å². The molecule has 4 heteroatoms. The predicted octanol–water partition coefficient (Wildman–Crippen LogP) is 5.73. The van der Waals surface area contributed by atoms with E-state index in [0.717, 1.165) is 33.5 Å². The SMILES string of the molecule is Clc1ccc(Br)c(C2CCNCC2c2cccc(Br)c2)c1. The molecule has 0 radical (unpaired) electrons. The monoisotopic (exact) mass is 427 g/mol. The van der Waals surface area contributed by atoms with Crippen LogP contribution in [0, 0.1) is 0 Å². The van der Waals surface area contributed by atoms with Gasteiger partial charge in [-0.1, -0.05) is 55.6 Å². The molecule has 0 amide bonds. The maximum atomic E-state index is 6.21. The van der Waals surface area contributed by atoms with Crippen molar-refractivity contribution in [3.05, 3.63) is 67.6 Å². The highest BCUT2D eigenvalue weighted by Crippen LogP contribution is 2.41. The smallest absolute Gasteiger partial charge is 0.0409 e. The van der Waals surface area contributed by atoms with E-state index in [0.29, 0.717) is 11.8 Å². The lowest BCUT2D eigenvalue weighted by Gasteiger charge is -2.33. The lowest BCUT2D eigenvalue weighted by molar-refractivity contribution is 0.403. The van der Waals surface area contributed by atoms with Crippen molar-refractivity contribution in [2.75, 3.05) is 13.1 Å². The van der Waals surface area contributed by atoms with E-state index < -0.39 is 0 Å². The third-order valence-corrected chi connectivity index (χ3v) is 5.57. The molecule has 1 aliphatic heterocycles. The first kappa shape index (κ1) is 15.5. The Morgan fingerprint density at radius 2 is 1.90 bits per heavy atom. The number of hydrogen-bond acceptors (Lipinski definition) is 1. The van der Waals surface area contributed by atoms with Crippen molar-refractivity contribution < 1.29 is 0 Å². The Hall–Kier alpha value is -0.350. The van der Waals surface area contributed by atoms with Crippen LogP contribution >= 0.6 is 43.5 Å². The van der Waals surface area contributed by atoms with E-state index in [1.165, 1.54) is 11.1 Å². The number of nitrogens with one attached hydrogen (secondary N) is 1. The second kappa shape index (κ2) is 6.82. The van der Waals surface area contributed by atoms with Crippen molar-refractivity contribution >= 4 is 43.5 Å². The molecule has 110 valence electrons. The van der Waals surface area contributed by atoms with Crippen molar-refractivity contribution in [3.63, 3.8) is 0 Å². The highest BCUT2D eigenvalue weighted by molar-refractivity contribution is 9.10. The largest absolute Gasteiger partial charge is 0.316 e. The van der Waals surface area contributed by atoms with Crippen molar-refractivity contribution in [1.29, 1.82) is 0 Å². The van der Waals surface area contributed by atoms with Crippen LogP contribution in [-0.4, -0.2) is 13.1 Å². The molecule has 1 heterocycles. The van der Waals surface area contributed by atoms with Gasteiger partial charge in [-0.2, -0.15) is 0 Å². The molecular weight excluding hydrogens is 413 g/mol. The summed E-state index contributed by atoms with van der Waals surface area (Å²) in [4.78, 5) is 0. The minimum absolute atomic E-state index is 0.464. The molecule has 0 bridgehead atoms. The number of halogens is 3. The zero-order valence-electron chi connectivity index (χ0n) is 11.5. The fourth-order valence-corrected chi connectivity index (χ4v) is 4.26. The summed E-state index contributed by atoms with van der Waals surface area (Å²) in [7, 11) is 0. The Morgan fingerprint density at radius 3 is 2.71 bits per heavy atom. The van der Waals surface area contributed by atoms with Gasteiger partial charge in [-0.15, -0.1) is 0 Å². The van der Waals surface area contributed by atoms with E-state index in [2.05, 4.69) is 73.6 Å². The highest BCUT2D eigenvalue weighted by atomic mass is 79.9. The molecule has 2 unspecified atom stereocenters. The molecule has 2 aromatic rings. The molecule has 21 heavy (non-hydrogen) atoms. The van der Waals surface area contributed by atoms with Crippen LogP contribution in [0.5, 0.6) is 0 Å². The Morgan fingerprint density at radius 1 is 1.05 bits per heavy atom. The molecule has 0 aliphatic carbocycles. The van der Waals surface area contributed by atoms with Crippen molar-refractivity contribution in [3.8, 4) is 0 Å². The van der Waals surface area contributed by atoms with Gasteiger partial charge in [0.25, 0.3) is 0 Å². The summed E-state index contributed by atoms with van der Waals surface area (Å²) in [5, 5.41) is 4.33. The molecule has 2 atom stereocenters. The molecule has 1 aliphatic rings. The normalized spacial score (nSPS) is 22.2. The van der Waals surface area contributed by atoms with E-state index >= 15 is 0 Å². The second-order valence-electron chi connectivity index (χ2n) is 5.43. The summed E-state index contributed by atoms with van der Waals surface area (Å²) in [6, 6.07) is 14.7. The van der Waals surface area contributed by atoms with Crippen LogP contribution in [-0.2, 0) is 0 Å².